The zero-order valence-electron chi connectivity index (χ0n) is 16.0. The first-order valence-corrected chi connectivity index (χ1v) is 9.15. The van der Waals surface area contributed by atoms with Crippen molar-refractivity contribution in [3.63, 3.8) is 0 Å². The maximum atomic E-state index is 13.9. The van der Waals surface area contributed by atoms with Gasteiger partial charge in [0.1, 0.15) is 0 Å². The van der Waals surface area contributed by atoms with Gasteiger partial charge in [-0.2, -0.15) is 18.2 Å². The van der Waals surface area contributed by atoms with Gasteiger partial charge in [-0.05, 0) is 54.2 Å². The van der Waals surface area contributed by atoms with Crippen LogP contribution in [0.4, 0.5) is 13.2 Å². The summed E-state index contributed by atoms with van der Waals surface area (Å²) < 4.78 is 41.8. The minimum Gasteiger partial charge on any atom is -0.287 e. The molecule has 1 aliphatic heterocycles. The van der Waals surface area contributed by atoms with Gasteiger partial charge in [-0.15, -0.1) is 0 Å². The van der Waals surface area contributed by atoms with E-state index in [9.17, 15) is 18.0 Å². The predicted octanol–water partition coefficient (Wildman–Crippen LogP) is 5.16. The van der Waals surface area contributed by atoms with Crippen molar-refractivity contribution >= 4 is 16.7 Å². The van der Waals surface area contributed by atoms with Gasteiger partial charge in [0, 0.05) is 12.0 Å². The Labute approximate surface area is 157 Å². The number of amides is 1. The fourth-order valence-electron chi connectivity index (χ4n) is 3.78. The van der Waals surface area contributed by atoms with E-state index in [1.165, 1.54) is 11.6 Å². The minimum absolute atomic E-state index is 0.0335. The van der Waals surface area contributed by atoms with Gasteiger partial charge in [-0.25, -0.2) is 0 Å². The van der Waals surface area contributed by atoms with Gasteiger partial charge in [0.25, 0.3) is 0 Å². The first kappa shape index (κ1) is 19.7. The first-order chi connectivity index (χ1) is 12.5. The van der Waals surface area contributed by atoms with Crippen LogP contribution >= 0.6 is 0 Å². The van der Waals surface area contributed by atoms with Crippen molar-refractivity contribution in [2.75, 3.05) is 0 Å². The molecule has 146 valence electrons. The first-order valence-electron chi connectivity index (χ1n) is 9.15. The molecule has 0 bridgehead atoms. The second kappa shape index (κ2) is 6.82. The average molecular weight is 378 g/mol. The van der Waals surface area contributed by atoms with Gasteiger partial charge in [-0.3, -0.25) is 10.2 Å². The molecule has 1 atom stereocenters. The Morgan fingerprint density at radius 3 is 2.30 bits per heavy atom. The number of rotatable bonds is 4. The fraction of sp³-hybridized carbons (Fsp3) is 0.476. The molecule has 1 unspecified atom stereocenters. The van der Waals surface area contributed by atoms with Crippen molar-refractivity contribution in [3.8, 4) is 0 Å². The largest absolute Gasteiger partial charge is 0.409 e. The Bertz CT molecular complexity index is 858. The summed E-state index contributed by atoms with van der Waals surface area (Å²) in [7, 11) is 0. The molecule has 1 heterocycles. The second-order valence-corrected chi connectivity index (χ2v) is 8.38. The molecule has 0 radical (unpaired) electrons. The predicted molar refractivity (Wildman–Crippen MR) is 100.0 cm³/mol. The number of nitrogens with one attached hydrogen (secondary N) is 1. The Morgan fingerprint density at radius 1 is 1.11 bits per heavy atom. The van der Waals surface area contributed by atoms with Crippen LogP contribution in [0.2, 0.25) is 0 Å². The lowest BCUT2D eigenvalue weighted by Crippen LogP contribution is -2.51. The summed E-state index contributed by atoms with van der Waals surface area (Å²) in [6.07, 6.45) is -3.55. The third-order valence-electron chi connectivity index (χ3n) is 4.95. The van der Waals surface area contributed by atoms with Crippen LogP contribution in [0.25, 0.3) is 10.8 Å². The molecule has 0 aromatic heterocycles. The highest BCUT2D eigenvalue weighted by molar-refractivity contribution is 5.84. The van der Waals surface area contributed by atoms with Gasteiger partial charge < -0.3 is 0 Å². The van der Waals surface area contributed by atoms with Crippen molar-refractivity contribution in [3.05, 3.63) is 47.5 Å². The van der Waals surface area contributed by atoms with Crippen molar-refractivity contribution < 1.29 is 18.0 Å². The molecule has 1 saturated heterocycles. The van der Waals surface area contributed by atoms with E-state index in [0.29, 0.717) is 5.92 Å². The van der Waals surface area contributed by atoms with Crippen LogP contribution in [0.15, 0.2) is 36.4 Å². The van der Waals surface area contributed by atoms with E-state index >= 15 is 0 Å². The number of nitrogens with zero attached hydrogens (tertiary/aromatic N) is 1. The molecular weight excluding hydrogens is 353 g/mol. The summed E-state index contributed by atoms with van der Waals surface area (Å²) >= 11 is 0. The Kier molecular flexibility index (Phi) is 4.97. The van der Waals surface area contributed by atoms with E-state index < -0.39 is 23.7 Å². The highest BCUT2D eigenvalue weighted by Crippen LogP contribution is 2.43. The third kappa shape index (κ3) is 4.10. The number of hydrogen-bond donors (Lipinski definition) is 1. The van der Waals surface area contributed by atoms with Gasteiger partial charge in [0.2, 0.25) is 5.91 Å². The lowest BCUT2D eigenvalue weighted by molar-refractivity contribution is -0.203. The highest BCUT2D eigenvalue weighted by atomic mass is 19.4. The van der Waals surface area contributed by atoms with E-state index in [1.54, 1.807) is 26.0 Å². The number of hydrogen-bond acceptors (Lipinski definition) is 2. The molecule has 27 heavy (non-hydrogen) atoms. The van der Waals surface area contributed by atoms with Gasteiger partial charge in [-0.1, -0.05) is 44.2 Å². The molecule has 1 fully saturated rings. The summed E-state index contributed by atoms with van der Waals surface area (Å²) in [6, 6.07) is 8.81. The number of carbonyl (C=O) groups excluding carboxylic acids is 1. The molecular formula is C21H25F3N2O. The monoisotopic (exact) mass is 378 g/mol. The van der Waals surface area contributed by atoms with E-state index in [4.69, 9.17) is 0 Å². The van der Waals surface area contributed by atoms with Crippen molar-refractivity contribution in [1.82, 2.24) is 10.4 Å². The zero-order valence-corrected chi connectivity index (χ0v) is 16.0. The van der Waals surface area contributed by atoms with Crippen molar-refractivity contribution in [2.45, 2.75) is 58.3 Å². The number of carbonyl (C=O) groups is 1. The lowest BCUT2D eigenvalue weighted by Gasteiger charge is -2.38. The van der Waals surface area contributed by atoms with E-state index in [1.807, 2.05) is 18.2 Å². The second-order valence-electron chi connectivity index (χ2n) is 8.38. The van der Waals surface area contributed by atoms with E-state index in [-0.39, 0.29) is 12.0 Å². The summed E-state index contributed by atoms with van der Waals surface area (Å²) in [5.41, 5.74) is 2.78. The molecule has 6 heteroatoms. The Morgan fingerprint density at radius 2 is 1.74 bits per heavy atom. The number of benzene rings is 2. The van der Waals surface area contributed by atoms with Gasteiger partial charge in [0.15, 0.2) is 6.04 Å². The van der Waals surface area contributed by atoms with Crippen LogP contribution in [0.1, 0.15) is 51.3 Å². The molecule has 1 N–H and O–H groups in total. The van der Waals surface area contributed by atoms with Crippen LogP contribution in [-0.2, 0) is 11.2 Å². The Hall–Kier alpha value is -2.08. The smallest absolute Gasteiger partial charge is 0.287 e. The molecule has 2 aromatic rings. The third-order valence-corrected chi connectivity index (χ3v) is 4.95. The Balaban J connectivity index is 2.02. The standard InChI is InChI=1S/C21H25F3N2O/c1-13(2)9-14-5-6-16-11-17(8-7-15(16)10-14)19(21(22,23)24)26-20(3,4)12-18(27)25-26/h5-8,10-11,13,19H,9,12H2,1-4H3,(H,25,27). The average Bonchev–Trinajstić information content (AvgIpc) is 2.78. The summed E-state index contributed by atoms with van der Waals surface area (Å²) in [4.78, 5) is 11.7. The molecule has 1 amide bonds. The molecule has 3 nitrogen and oxygen atoms in total. The maximum Gasteiger partial charge on any atom is 0.409 e. The number of halogens is 3. The lowest BCUT2D eigenvalue weighted by atomic mass is 9.94. The number of alkyl halides is 3. The zero-order chi connectivity index (χ0) is 20.0. The van der Waals surface area contributed by atoms with Gasteiger partial charge >= 0.3 is 6.18 Å². The van der Waals surface area contributed by atoms with Crippen molar-refractivity contribution in [2.24, 2.45) is 5.92 Å². The quantitative estimate of drug-likeness (QED) is 0.797. The topological polar surface area (TPSA) is 32.3 Å². The van der Waals surface area contributed by atoms with Crippen molar-refractivity contribution in [1.29, 1.82) is 0 Å². The molecule has 3 rings (SSSR count). The summed E-state index contributed by atoms with van der Waals surface area (Å²) in [5.74, 6) is 0.116. The summed E-state index contributed by atoms with van der Waals surface area (Å²) in [6.45, 7) is 7.55. The van der Waals surface area contributed by atoms with Gasteiger partial charge in [0.05, 0.1) is 0 Å². The SMILES string of the molecule is CC(C)Cc1ccc2cc(C(N3NC(=O)CC3(C)C)C(F)(F)F)ccc2c1. The van der Waals surface area contributed by atoms with Crippen LogP contribution in [0.5, 0.6) is 0 Å². The maximum absolute atomic E-state index is 13.9. The molecule has 0 saturated carbocycles. The van der Waals surface area contributed by atoms with E-state index in [0.717, 1.165) is 22.2 Å². The number of fused-ring (bicyclic) bond motifs is 1. The fourth-order valence-corrected chi connectivity index (χ4v) is 3.78. The molecule has 0 spiro atoms. The molecule has 1 aliphatic rings. The van der Waals surface area contributed by atoms with E-state index in [2.05, 4.69) is 19.3 Å². The normalized spacial score (nSPS) is 18.9. The van der Waals surface area contributed by atoms with Crippen LogP contribution in [0.3, 0.4) is 0 Å². The van der Waals surface area contributed by atoms with Crippen LogP contribution in [0, 0.1) is 5.92 Å². The molecule has 2 aromatic carbocycles. The summed E-state index contributed by atoms with van der Waals surface area (Å²) in [5, 5.41) is 2.73. The minimum atomic E-state index is -4.51. The number of hydrazine groups is 1. The molecule has 0 aliphatic carbocycles. The highest BCUT2D eigenvalue weighted by Gasteiger charge is 2.52. The van der Waals surface area contributed by atoms with Crippen LogP contribution in [-0.4, -0.2) is 22.6 Å². The van der Waals surface area contributed by atoms with Crippen LogP contribution < -0.4 is 5.43 Å².